The zero-order valence-corrected chi connectivity index (χ0v) is 19.7. The first kappa shape index (κ1) is 21.1. The van der Waals surface area contributed by atoms with E-state index >= 15 is 0 Å². The van der Waals surface area contributed by atoms with Gasteiger partial charge in [0.05, 0.1) is 16.1 Å². The van der Waals surface area contributed by atoms with Crippen LogP contribution >= 0.6 is 22.9 Å². The van der Waals surface area contributed by atoms with Crippen molar-refractivity contribution < 1.29 is 4.79 Å². The zero-order chi connectivity index (χ0) is 22.0. The van der Waals surface area contributed by atoms with Crippen molar-refractivity contribution in [1.82, 2.24) is 19.4 Å². The maximum Gasteiger partial charge on any atom is 0.290 e. The molecule has 0 aliphatic heterocycles. The van der Waals surface area contributed by atoms with Gasteiger partial charge in [-0.05, 0) is 50.0 Å². The Morgan fingerprint density at radius 1 is 1.30 bits per heavy atom. The molecular weight excluding hydrogens is 422 g/mol. The number of rotatable bonds is 2. The second-order valence-corrected chi connectivity index (χ2v) is 10.6. The smallest absolute Gasteiger partial charge is 0.267 e. The monoisotopic (exact) mass is 447 g/mol. The maximum atomic E-state index is 13.4. The first-order chi connectivity index (χ1) is 14.0. The second kappa shape index (κ2) is 7.20. The topological polar surface area (TPSA) is 81.8 Å². The molecular formula is C21H26ClN5O2S. The third-order valence-corrected chi connectivity index (χ3v) is 7.65. The van der Waals surface area contributed by atoms with Crippen LogP contribution in [0.4, 0.5) is 0 Å². The molecule has 9 heteroatoms. The fourth-order valence-corrected chi connectivity index (χ4v) is 5.81. The Labute approximate surface area is 184 Å². The summed E-state index contributed by atoms with van der Waals surface area (Å²) >= 11 is 7.84. The maximum absolute atomic E-state index is 13.4. The lowest BCUT2D eigenvalue weighted by atomic mass is 9.72. The predicted octanol–water partition coefficient (Wildman–Crippen LogP) is 4.00. The predicted molar refractivity (Wildman–Crippen MR) is 120 cm³/mol. The molecule has 0 fully saturated rings. The normalized spacial score (nSPS) is 16.7. The molecule has 0 radical (unpaired) electrons. The lowest BCUT2D eigenvalue weighted by Gasteiger charge is -2.33. The van der Waals surface area contributed by atoms with Crippen molar-refractivity contribution in [2.45, 2.75) is 53.9 Å². The number of aryl methyl sites for hydroxylation is 4. The molecule has 0 aromatic carbocycles. The second-order valence-electron chi connectivity index (χ2n) is 9.10. The van der Waals surface area contributed by atoms with Gasteiger partial charge in [-0.15, -0.1) is 11.3 Å². The van der Waals surface area contributed by atoms with E-state index in [9.17, 15) is 9.59 Å². The summed E-state index contributed by atoms with van der Waals surface area (Å²) in [5, 5.41) is 5.07. The number of hydrogen-bond acceptors (Lipinski definition) is 5. The highest BCUT2D eigenvalue weighted by Gasteiger charge is 2.32. The van der Waals surface area contributed by atoms with E-state index in [4.69, 9.17) is 11.6 Å². The van der Waals surface area contributed by atoms with Gasteiger partial charge in [-0.25, -0.2) is 9.66 Å². The molecule has 1 atom stereocenters. The van der Waals surface area contributed by atoms with Crippen molar-refractivity contribution in [3.63, 3.8) is 0 Å². The number of fused-ring (bicyclic) bond motifs is 3. The molecule has 1 N–H and O–H groups in total. The van der Waals surface area contributed by atoms with Crippen molar-refractivity contribution in [2.75, 3.05) is 5.43 Å². The Kier molecular flexibility index (Phi) is 5.05. The van der Waals surface area contributed by atoms with Crippen LogP contribution in [0.5, 0.6) is 0 Å². The van der Waals surface area contributed by atoms with E-state index in [1.54, 1.807) is 32.2 Å². The highest BCUT2D eigenvalue weighted by atomic mass is 35.5. The van der Waals surface area contributed by atoms with E-state index in [0.29, 0.717) is 22.8 Å². The molecule has 7 nitrogen and oxygen atoms in total. The van der Waals surface area contributed by atoms with Crippen molar-refractivity contribution in [3.05, 3.63) is 43.0 Å². The summed E-state index contributed by atoms with van der Waals surface area (Å²) in [7, 11) is 1.64. The Morgan fingerprint density at radius 2 is 2.00 bits per heavy atom. The van der Waals surface area contributed by atoms with Crippen LogP contribution in [0.15, 0.2) is 4.79 Å². The third-order valence-electron chi connectivity index (χ3n) is 6.05. The van der Waals surface area contributed by atoms with Gasteiger partial charge in [0, 0.05) is 11.9 Å². The number of nitrogens with one attached hydrogen (secondary N) is 1. The lowest BCUT2D eigenvalue weighted by molar-refractivity contribution is 0.0997. The average molecular weight is 448 g/mol. The van der Waals surface area contributed by atoms with Gasteiger partial charge in [0.2, 0.25) is 0 Å². The fraction of sp³-hybridized carbons (Fsp3) is 0.524. The first-order valence-electron chi connectivity index (χ1n) is 10.0. The highest BCUT2D eigenvalue weighted by Crippen LogP contribution is 2.42. The molecule has 30 heavy (non-hydrogen) atoms. The zero-order valence-electron chi connectivity index (χ0n) is 18.1. The molecule has 3 heterocycles. The van der Waals surface area contributed by atoms with Crippen LogP contribution in [-0.2, 0) is 19.9 Å². The van der Waals surface area contributed by atoms with Crippen LogP contribution in [0, 0.1) is 25.2 Å². The van der Waals surface area contributed by atoms with Gasteiger partial charge < -0.3 is 0 Å². The molecule has 0 saturated carbocycles. The van der Waals surface area contributed by atoms with E-state index in [1.807, 2.05) is 0 Å². The summed E-state index contributed by atoms with van der Waals surface area (Å²) < 4.78 is 2.64. The Balaban J connectivity index is 1.76. The molecule has 160 valence electrons. The SMILES string of the molecule is Cc1nn(C)c(C(=O)Nn2c(C)nc3sc4c(c3c2=O)CC[C@H](C(C)(C)C)C4)c1Cl. The number of nitrogens with zero attached hydrogens (tertiary/aromatic N) is 4. The molecule has 1 amide bonds. The summed E-state index contributed by atoms with van der Waals surface area (Å²) in [4.78, 5) is 32.8. The molecule has 1 aliphatic rings. The summed E-state index contributed by atoms with van der Waals surface area (Å²) in [6.45, 7) is 10.3. The van der Waals surface area contributed by atoms with E-state index in [-0.39, 0.29) is 21.7 Å². The Bertz CT molecular complexity index is 1230. The molecule has 3 aromatic rings. The number of thiophene rings is 1. The van der Waals surface area contributed by atoms with Crippen LogP contribution in [0.1, 0.15) is 59.6 Å². The van der Waals surface area contributed by atoms with Crippen molar-refractivity contribution in [2.24, 2.45) is 18.4 Å². The molecule has 0 unspecified atom stereocenters. The van der Waals surface area contributed by atoms with Crippen molar-refractivity contribution in [1.29, 1.82) is 0 Å². The van der Waals surface area contributed by atoms with Crippen molar-refractivity contribution >= 4 is 39.1 Å². The minimum atomic E-state index is -0.494. The standard InChI is InChI=1S/C21H26ClN5O2S/c1-10-16(22)17(26(6)24-10)18(28)25-27-11(2)23-19-15(20(27)29)13-8-7-12(21(3,4)5)9-14(13)30-19/h12H,7-9H2,1-6H3,(H,25,28)/t12-/m0/s1. The van der Waals surface area contributed by atoms with Gasteiger partial charge in [0.1, 0.15) is 16.3 Å². The minimum absolute atomic E-state index is 0.209. The quantitative estimate of drug-likeness (QED) is 0.643. The summed E-state index contributed by atoms with van der Waals surface area (Å²) in [6, 6.07) is 0. The Hall–Kier alpha value is -2.19. The lowest BCUT2D eigenvalue weighted by Crippen LogP contribution is -2.36. The van der Waals surface area contributed by atoms with Crippen molar-refractivity contribution in [3.8, 4) is 0 Å². The van der Waals surface area contributed by atoms with Crippen LogP contribution in [0.25, 0.3) is 10.2 Å². The number of amides is 1. The fourth-order valence-electron chi connectivity index (χ4n) is 4.23. The summed E-state index contributed by atoms with van der Waals surface area (Å²) in [5.74, 6) is 0.518. The molecule has 4 rings (SSSR count). The highest BCUT2D eigenvalue weighted by molar-refractivity contribution is 7.18. The van der Waals surface area contributed by atoms with Crippen LogP contribution < -0.4 is 11.0 Å². The molecule has 3 aromatic heterocycles. The summed E-state index contributed by atoms with van der Waals surface area (Å²) in [6.07, 6.45) is 2.87. The average Bonchev–Trinajstić information content (AvgIpc) is 3.13. The van der Waals surface area contributed by atoms with Gasteiger partial charge in [0.15, 0.2) is 0 Å². The van der Waals surface area contributed by atoms with Gasteiger partial charge in [-0.3, -0.25) is 19.7 Å². The number of carbonyl (C=O) groups is 1. The first-order valence-corrected chi connectivity index (χ1v) is 11.2. The number of hydrogen-bond donors (Lipinski definition) is 1. The summed E-state index contributed by atoms with van der Waals surface area (Å²) in [5.41, 5.74) is 4.51. The van der Waals surface area contributed by atoms with Gasteiger partial charge in [-0.1, -0.05) is 32.4 Å². The van der Waals surface area contributed by atoms with Gasteiger partial charge in [-0.2, -0.15) is 5.10 Å². The van der Waals surface area contributed by atoms with E-state index < -0.39 is 5.91 Å². The molecule has 0 saturated heterocycles. The van der Waals surface area contributed by atoms with Crippen LogP contribution in [0.2, 0.25) is 5.02 Å². The minimum Gasteiger partial charge on any atom is -0.267 e. The molecule has 0 bridgehead atoms. The van der Waals surface area contributed by atoms with Gasteiger partial charge in [0.25, 0.3) is 11.5 Å². The van der Waals surface area contributed by atoms with Gasteiger partial charge >= 0.3 is 0 Å². The molecule has 0 spiro atoms. The van der Waals surface area contributed by atoms with E-state index in [2.05, 4.69) is 36.3 Å². The van der Waals surface area contributed by atoms with Crippen LogP contribution in [-0.4, -0.2) is 25.3 Å². The van der Waals surface area contributed by atoms with E-state index in [1.165, 1.54) is 14.2 Å². The van der Waals surface area contributed by atoms with E-state index in [0.717, 1.165) is 29.7 Å². The number of carbonyl (C=O) groups excluding carboxylic acids is 1. The van der Waals surface area contributed by atoms with Crippen LogP contribution in [0.3, 0.4) is 0 Å². The third kappa shape index (κ3) is 3.36. The Morgan fingerprint density at radius 3 is 2.60 bits per heavy atom. The number of aromatic nitrogens is 4. The molecule has 1 aliphatic carbocycles. The largest absolute Gasteiger partial charge is 0.290 e. The number of halogens is 1.